The van der Waals surface area contributed by atoms with E-state index in [4.69, 9.17) is 46.2 Å². The smallest absolute Gasteiger partial charge is 0.256 e. The van der Waals surface area contributed by atoms with E-state index >= 15 is 0 Å². The number of hydrogen-bond donors (Lipinski definition) is 3. The van der Waals surface area contributed by atoms with Crippen LogP contribution in [0, 0.1) is 0 Å². The van der Waals surface area contributed by atoms with E-state index in [-0.39, 0.29) is 30.0 Å². The van der Waals surface area contributed by atoms with E-state index in [1.54, 1.807) is 25.5 Å². The highest BCUT2D eigenvalue weighted by atomic mass is 35.5. The lowest BCUT2D eigenvalue weighted by Gasteiger charge is -2.42. The standard InChI is InChI=1S/C38H58ClN9O5/c1-26(19-42-25-40)53-35-18-29(8-13-33(35)39)30-20-43-37(44-21-30)45-34-24-48(32-11-9-31(10-12-32)47-22-27(2)52-28(3)23-47)46-36(34)49-15-7-16-50-38(4,5)14-17-51-41-6/h8,13,18,20-21,24-28,31-32,41H,7,9-12,14-17,19,22-23H2,1-6H3,(H2,40,42)(H,43,44,45)/t26-,27?,28?,31?,32?/m0/s1. The SMILES string of the molecule is CNOCCC(C)(C)OCCCOc1nn(C2CCC(N3CC(C)OC(C)C3)CC2)cc1Nc1ncc(-c2ccc(Cl)c(O[C@@H](C)CN=CN)c2)cn1. The summed E-state index contributed by atoms with van der Waals surface area (Å²) in [4.78, 5) is 21.2. The quantitative estimate of drug-likeness (QED) is 0.0553. The van der Waals surface area contributed by atoms with Gasteiger partial charge in [0.05, 0.1) is 67.8 Å². The molecular formula is C38H58ClN9O5. The molecule has 14 nitrogen and oxygen atoms in total. The Morgan fingerprint density at radius 2 is 1.77 bits per heavy atom. The minimum Gasteiger partial charge on any atom is -0.487 e. The molecule has 0 amide bonds. The van der Waals surface area contributed by atoms with Gasteiger partial charge in [-0.15, -0.1) is 5.10 Å². The molecule has 3 atom stereocenters. The Hall–Kier alpha value is -3.53. The van der Waals surface area contributed by atoms with E-state index in [0.29, 0.717) is 61.4 Å². The highest BCUT2D eigenvalue weighted by Gasteiger charge is 2.32. The van der Waals surface area contributed by atoms with E-state index in [0.717, 1.165) is 62.0 Å². The summed E-state index contributed by atoms with van der Waals surface area (Å²) in [5.41, 5.74) is 10.2. The highest BCUT2D eigenvalue weighted by molar-refractivity contribution is 6.32. The van der Waals surface area contributed by atoms with Gasteiger partial charge in [0.1, 0.15) is 17.5 Å². The third-order valence-corrected chi connectivity index (χ3v) is 9.94. The van der Waals surface area contributed by atoms with E-state index in [1.807, 2.05) is 25.3 Å². The monoisotopic (exact) mass is 755 g/mol. The zero-order valence-corrected chi connectivity index (χ0v) is 32.8. The maximum atomic E-state index is 6.43. The predicted molar refractivity (Wildman–Crippen MR) is 208 cm³/mol. The summed E-state index contributed by atoms with van der Waals surface area (Å²) in [6.07, 6.45) is 13.0. The van der Waals surface area contributed by atoms with Crippen LogP contribution in [-0.2, 0) is 14.3 Å². The molecule has 0 bridgehead atoms. The number of hydroxylamine groups is 1. The van der Waals surface area contributed by atoms with Gasteiger partial charge >= 0.3 is 0 Å². The largest absolute Gasteiger partial charge is 0.487 e. The van der Waals surface area contributed by atoms with E-state index < -0.39 is 0 Å². The number of anilines is 2. The van der Waals surface area contributed by atoms with Crippen LogP contribution in [-0.4, -0.2) is 107 Å². The van der Waals surface area contributed by atoms with Crippen molar-refractivity contribution in [3.8, 4) is 22.8 Å². The average molecular weight is 756 g/mol. The Labute approximate surface area is 319 Å². The Balaban J connectivity index is 1.24. The fourth-order valence-corrected chi connectivity index (χ4v) is 7.07. The summed E-state index contributed by atoms with van der Waals surface area (Å²) in [7, 11) is 1.75. The number of aromatic nitrogens is 4. The van der Waals surface area contributed by atoms with Gasteiger partial charge < -0.3 is 34.8 Å². The molecule has 2 fully saturated rings. The molecule has 1 aliphatic heterocycles. The summed E-state index contributed by atoms with van der Waals surface area (Å²) in [6.45, 7) is 14.4. The molecule has 1 aromatic carbocycles. The van der Waals surface area contributed by atoms with Gasteiger partial charge in [0.15, 0.2) is 0 Å². The number of halogens is 1. The van der Waals surface area contributed by atoms with Crippen LogP contribution >= 0.6 is 11.6 Å². The number of morpholine rings is 1. The van der Waals surface area contributed by atoms with Crippen molar-refractivity contribution in [2.24, 2.45) is 10.7 Å². The number of aliphatic imine (C=N–C) groups is 1. The van der Waals surface area contributed by atoms with Crippen LogP contribution in [0.4, 0.5) is 11.6 Å². The van der Waals surface area contributed by atoms with Gasteiger partial charge in [-0.3, -0.25) is 14.6 Å². The summed E-state index contributed by atoms with van der Waals surface area (Å²) in [6, 6.07) is 6.44. The number of ether oxygens (including phenoxy) is 4. The lowest BCUT2D eigenvalue weighted by Crippen LogP contribution is -2.51. The lowest BCUT2D eigenvalue weighted by molar-refractivity contribution is -0.0852. The first-order chi connectivity index (χ1) is 25.5. The molecule has 3 heterocycles. The van der Waals surface area contributed by atoms with Crippen LogP contribution < -0.4 is 26.0 Å². The number of nitrogens with one attached hydrogen (secondary N) is 2. The average Bonchev–Trinajstić information content (AvgIpc) is 3.53. The van der Waals surface area contributed by atoms with Gasteiger partial charge in [-0.05, 0) is 78.0 Å². The maximum absolute atomic E-state index is 6.43. The van der Waals surface area contributed by atoms with Gasteiger partial charge in [-0.2, -0.15) is 0 Å². The van der Waals surface area contributed by atoms with Crippen molar-refractivity contribution in [1.82, 2.24) is 30.1 Å². The number of rotatable bonds is 19. The number of hydrogen-bond acceptors (Lipinski definition) is 12. The molecule has 4 N–H and O–H groups in total. The van der Waals surface area contributed by atoms with Crippen molar-refractivity contribution in [3.63, 3.8) is 0 Å². The lowest BCUT2D eigenvalue weighted by atomic mass is 9.89. The first-order valence-corrected chi connectivity index (χ1v) is 19.2. The molecule has 0 radical (unpaired) electrons. The van der Waals surface area contributed by atoms with Crippen molar-refractivity contribution in [2.45, 2.75) is 109 Å². The van der Waals surface area contributed by atoms with Crippen LogP contribution in [0.15, 0.2) is 41.8 Å². The zero-order valence-electron chi connectivity index (χ0n) is 32.1. The molecule has 292 valence electrons. The third kappa shape index (κ3) is 12.2. The molecule has 1 saturated carbocycles. The van der Waals surface area contributed by atoms with Gasteiger partial charge in [0.2, 0.25) is 5.95 Å². The van der Waals surface area contributed by atoms with Crippen LogP contribution in [0.1, 0.15) is 79.2 Å². The second-order valence-electron chi connectivity index (χ2n) is 14.6. The number of benzene rings is 1. The second-order valence-corrected chi connectivity index (χ2v) is 15.0. The van der Waals surface area contributed by atoms with Crippen LogP contribution in [0.5, 0.6) is 11.6 Å². The summed E-state index contributed by atoms with van der Waals surface area (Å²) < 4.78 is 26.5. The molecule has 0 spiro atoms. The van der Waals surface area contributed by atoms with Crippen molar-refractivity contribution < 1.29 is 23.8 Å². The molecule has 2 aromatic heterocycles. The van der Waals surface area contributed by atoms with E-state index in [9.17, 15) is 0 Å². The predicted octanol–water partition coefficient (Wildman–Crippen LogP) is 6.19. The molecule has 2 aliphatic rings. The van der Waals surface area contributed by atoms with Crippen molar-refractivity contribution >= 4 is 29.6 Å². The zero-order chi connectivity index (χ0) is 37.8. The first-order valence-electron chi connectivity index (χ1n) is 18.8. The molecular weight excluding hydrogens is 698 g/mol. The fourth-order valence-electron chi connectivity index (χ4n) is 6.90. The molecule has 3 aromatic rings. The molecule has 1 saturated heterocycles. The summed E-state index contributed by atoms with van der Waals surface area (Å²) in [5.74, 6) is 1.51. The van der Waals surface area contributed by atoms with Crippen molar-refractivity contribution in [1.29, 1.82) is 0 Å². The highest BCUT2D eigenvalue weighted by Crippen LogP contribution is 2.36. The summed E-state index contributed by atoms with van der Waals surface area (Å²) in [5, 5.41) is 8.83. The summed E-state index contributed by atoms with van der Waals surface area (Å²) >= 11 is 6.43. The van der Waals surface area contributed by atoms with Gasteiger partial charge in [-0.25, -0.2) is 15.4 Å². The first kappa shape index (κ1) is 40.7. The minimum atomic E-state index is -0.302. The van der Waals surface area contributed by atoms with Gasteiger partial charge in [0.25, 0.3) is 5.88 Å². The van der Waals surface area contributed by atoms with E-state index in [1.165, 1.54) is 6.34 Å². The Morgan fingerprint density at radius 3 is 2.47 bits per heavy atom. The van der Waals surface area contributed by atoms with Crippen LogP contribution in [0.3, 0.4) is 0 Å². The van der Waals surface area contributed by atoms with Gasteiger partial charge in [-0.1, -0.05) is 17.7 Å². The second kappa shape index (κ2) is 19.7. The third-order valence-electron chi connectivity index (χ3n) is 9.63. The fraction of sp³-hybridized carbons (Fsp3) is 0.632. The molecule has 2 unspecified atom stereocenters. The molecule has 1 aliphatic carbocycles. The molecule has 5 rings (SSSR count). The molecule has 15 heteroatoms. The Bertz CT molecular complexity index is 1570. The van der Waals surface area contributed by atoms with E-state index in [2.05, 4.69) is 63.0 Å². The Morgan fingerprint density at radius 1 is 1.06 bits per heavy atom. The van der Waals surface area contributed by atoms with Crippen molar-refractivity contribution in [3.05, 3.63) is 41.8 Å². The van der Waals surface area contributed by atoms with Crippen LogP contribution in [0.2, 0.25) is 5.02 Å². The maximum Gasteiger partial charge on any atom is 0.256 e. The van der Waals surface area contributed by atoms with Crippen LogP contribution in [0.25, 0.3) is 11.1 Å². The van der Waals surface area contributed by atoms with Crippen molar-refractivity contribution in [2.75, 3.05) is 51.8 Å². The topological polar surface area (TPSA) is 155 Å². The van der Waals surface area contributed by atoms with Gasteiger partial charge in [0, 0.05) is 57.0 Å². The minimum absolute atomic E-state index is 0.196. The normalized spacial score (nSPS) is 21.9. The number of nitrogens with two attached hydrogens (primary N) is 1. The number of nitrogens with zero attached hydrogens (tertiary/aromatic N) is 6. The Kier molecular flexibility index (Phi) is 15.1. The molecule has 53 heavy (non-hydrogen) atoms.